The number of carboxylic acids is 1. The fraction of sp³-hybridized carbons (Fsp3) is 0.500. The fourth-order valence-electron chi connectivity index (χ4n) is 1.67. The molecule has 6 nitrogen and oxygen atoms in total. The van der Waals surface area contributed by atoms with Gasteiger partial charge in [0, 0.05) is 25.5 Å². The van der Waals surface area contributed by atoms with Gasteiger partial charge in [0.15, 0.2) is 0 Å². The molecule has 0 aliphatic carbocycles. The molecule has 86 valence electrons. The summed E-state index contributed by atoms with van der Waals surface area (Å²) in [6, 6.07) is 1.75. The molecular formula is C10H13N3O3. The Morgan fingerprint density at radius 3 is 3.00 bits per heavy atom. The number of anilines is 1. The quantitative estimate of drug-likeness (QED) is 0.786. The molecule has 1 atom stereocenters. The molecule has 1 N–H and O–H groups in total. The molecule has 1 aromatic rings. The minimum atomic E-state index is -0.846. The van der Waals surface area contributed by atoms with Crippen molar-refractivity contribution in [2.75, 3.05) is 24.6 Å². The van der Waals surface area contributed by atoms with Gasteiger partial charge in [0.25, 0.3) is 0 Å². The number of aromatic nitrogens is 2. The number of nitrogens with zero attached hydrogens (tertiary/aromatic N) is 3. The Bertz CT molecular complexity index is 358. The van der Waals surface area contributed by atoms with Crippen molar-refractivity contribution in [3.63, 3.8) is 0 Å². The van der Waals surface area contributed by atoms with Gasteiger partial charge < -0.3 is 14.7 Å². The van der Waals surface area contributed by atoms with E-state index in [0.717, 1.165) is 0 Å². The Morgan fingerprint density at radius 2 is 2.31 bits per heavy atom. The van der Waals surface area contributed by atoms with Crippen LogP contribution in [0, 0.1) is 0 Å². The lowest BCUT2D eigenvalue weighted by Gasteiger charge is -2.32. The summed E-state index contributed by atoms with van der Waals surface area (Å²) in [7, 11) is 0. The largest absolute Gasteiger partial charge is 0.481 e. The van der Waals surface area contributed by atoms with Crippen LogP contribution >= 0.6 is 0 Å². The van der Waals surface area contributed by atoms with Crippen LogP contribution in [0.5, 0.6) is 0 Å². The maximum Gasteiger partial charge on any atom is 0.306 e. The minimum Gasteiger partial charge on any atom is -0.481 e. The Balaban J connectivity index is 1.99. The lowest BCUT2D eigenvalue weighted by atomic mass is 10.2. The van der Waals surface area contributed by atoms with E-state index in [2.05, 4.69) is 9.97 Å². The van der Waals surface area contributed by atoms with Crippen LogP contribution in [0.2, 0.25) is 0 Å². The first-order chi connectivity index (χ1) is 7.75. The smallest absolute Gasteiger partial charge is 0.306 e. The molecule has 1 saturated heterocycles. The number of hydrogen-bond acceptors (Lipinski definition) is 5. The van der Waals surface area contributed by atoms with Crippen LogP contribution in [0.25, 0.3) is 0 Å². The molecule has 0 aromatic carbocycles. The first kappa shape index (κ1) is 10.8. The molecule has 0 radical (unpaired) electrons. The van der Waals surface area contributed by atoms with Gasteiger partial charge in [-0.25, -0.2) is 9.97 Å². The van der Waals surface area contributed by atoms with Crippen molar-refractivity contribution in [1.82, 2.24) is 9.97 Å². The SMILES string of the molecule is O=C(O)CC1CN(c2ncccn2)CCO1. The third-order valence-electron chi connectivity index (χ3n) is 2.38. The number of morpholine rings is 1. The Labute approximate surface area is 92.9 Å². The average Bonchev–Trinajstić information content (AvgIpc) is 2.30. The third kappa shape index (κ3) is 2.66. The van der Waals surface area contributed by atoms with E-state index in [1.54, 1.807) is 18.5 Å². The normalized spacial score (nSPS) is 20.8. The van der Waals surface area contributed by atoms with E-state index < -0.39 is 5.97 Å². The van der Waals surface area contributed by atoms with Crippen LogP contribution in [0.3, 0.4) is 0 Å². The summed E-state index contributed by atoms with van der Waals surface area (Å²) < 4.78 is 5.36. The topological polar surface area (TPSA) is 75.5 Å². The van der Waals surface area contributed by atoms with Gasteiger partial charge in [0.2, 0.25) is 5.95 Å². The second-order valence-corrected chi connectivity index (χ2v) is 3.59. The Morgan fingerprint density at radius 1 is 1.56 bits per heavy atom. The summed E-state index contributed by atoms with van der Waals surface area (Å²) in [4.78, 5) is 20.8. The van der Waals surface area contributed by atoms with Crippen LogP contribution in [0.15, 0.2) is 18.5 Å². The number of carboxylic acid groups (broad SMARTS) is 1. The summed E-state index contributed by atoms with van der Waals surface area (Å²) in [6.07, 6.45) is 3.08. The molecule has 2 heterocycles. The molecular weight excluding hydrogens is 210 g/mol. The van der Waals surface area contributed by atoms with Crippen LogP contribution in [-0.2, 0) is 9.53 Å². The van der Waals surface area contributed by atoms with Crippen molar-refractivity contribution in [1.29, 1.82) is 0 Å². The van der Waals surface area contributed by atoms with E-state index in [9.17, 15) is 4.79 Å². The lowest BCUT2D eigenvalue weighted by Crippen LogP contribution is -2.44. The van der Waals surface area contributed by atoms with Crippen molar-refractivity contribution in [2.24, 2.45) is 0 Å². The monoisotopic (exact) mass is 223 g/mol. The molecule has 1 aliphatic heterocycles. The molecule has 1 aliphatic rings. The number of carbonyl (C=O) groups is 1. The molecule has 1 unspecified atom stereocenters. The molecule has 16 heavy (non-hydrogen) atoms. The molecule has 6 heteroatoms. The molecule has 1 aromatic heterocycles. The predicted octanol–water partition coefficient (Wildman–Crippen LogP) is 0.156. The molecule has 0 saturated carbocycles. The van der Waals surface area contributed by atoms with Gasteiger partial charge >= 0.3 is 5.97 Å². The summed E-state index contributed by atoms with van der Waals surface area (Å²) in [5.41, 5.74) is 0. The summed E-state index contributed by atoms with van der Waals surface area (Å²) in [5.74, 6) is -0.220. The number of rotatable bonds is 3. The summed E-state index contributed by atoms with van der Waals surface area (Å²) >= 11 is 0. The highest BCUT2D eigenvalue weighted by molar-refractivity contribution is 5.67. The van der Waals surface area contributed by atoms with Crippen molar-refractivity contribution in [3.8, 4) is 0 Å². The zero-order valence-electron chi connectivity index (χ0n) is 8.74. The van der Waals surface area contributed by atoms with Crippen LogP contribution in [0.1, 0.15) is 6.42 Å². The molecule has 1 fully saturated rings. The van der Waals surface area contributed by atoms with E-state index in [1.165, 1.54) is 0 Å². The Kier molecular flexibility index (Phi) is 3.31. The van der Waals surface area contributed by atoms with Crippen molar-refractivity contribution < 1.29 is 14.6 Å². The number of aliphatic carboxylic acids is 1. The number of hydrogen-bond donors (Lipinski definition) is 1. The van der Waals surface area contributed by atoms with Gasteiger partial charge in [0.1, 0.15) is 0 Å². The second kappa shape index (κ2) is 4.89. The molecule has 2 rings (SSSR count). The Hall–Kier alpha value is -1.69. The molecule has 0 spiro atoms. The van der Waals surface area contributed by atoms with Crippen molar-refractivity contribution in [3.05, 3.63) is 18.5 Å². The summed E-state index contributed by atoms with van der Waals surface area (Å²) in [5, 5.41) is 8.69. The van der Waals surface area contributed by atoms with Gasteiger partial charge in [-0.1, -0.05) is 0 Å². The molecule has 0 bridgehead atoms. The van der Waals surface area contributed by atoms with Crippen LogP contribution < -0.4 is 4.90 Å². The highest BCUT2D eigenvalue weighted by Crippen LogP contribution is 2.13. The number of ether oxygens (including phenoxy) is 1. The second-order valence-electron chi connectivity index (χ2n) is 3.59. The van der Waals surface area contributed by atoms with Gasteiger partial charge in [-0.15, -0.1) is 0 Å². The predicted molar refractivity (Wildman–Crippen MR) is 56.2 cm³/mol. The average molecular weight is 223 g/mol. The van der Waals surface area contributed by atoms with E-state index in [4.69, 9.17) is 9.84 Å². The van der Waals surface area contributed by atoms with Crippen LogP contribution in [-0.4, -0.2) is 46.8 Å². The first-order valence-corrected chi connectivity index (χ1v) is 5.11. The van der Waals surface area contributed by atoms with E-state index in [1.807, 2.05) is 4.90 Å². The van der Waals surface area contributed by atoms with Crippen molar-refractivity contribution in [2.45, 2.75) is 12.5 Å². The van der Waals surface area contributed by atoms with E-state index in [-0.39, 0.29) is 12.5 Å². The zero-order valence-corrected chi connectivity index (χ0v) is 8.74. The van der Waals surface area contributed by atoms with Gasteiger partial charge in [-0.3, -0.25) is 4.79 Å². The van der Waals surface area contributed by atoms with Gasteiger partial charge in [0.05, 0.1) is 19.1 Å². The molecule has 0 amide bonds. The summed E-state index contributed by atoms with van der Waals surface area (Å²) in [6.45, 7) is 1.73. The maximum atomic E-state index is 10.6. The van der Waals surface area contributed by atoms with E-state index >= 15 is 0 Å². The van der Waals surface area contributed by atoms with E-state index in [0.29, 0.717) is 25.6 Å². The fourth-order valence-corrected chi connectivity index (χ4v) is 1.67. The van der Waals surface area contributed by atoms with Crippen LogP contribution in [0.4, 0.5) is 5.95 Å². The highest BCUT2D eigenvalue weighted by atomic mass is 16.5. The van der Waals surface area contributed by atoms with Crippen molar-refractivity contribution >= 4 is 11.9 Å². The minimum absolute atomic E-state index is 0.0172. The standard InChI is InChI=1S/C10H13N3O3/c14-9(15)6-8-7-13(4-5-16-8)10-11-2-1-3-12-10/h1-3,8H,4-7H2,(H,14,15). The third-order valence-corrected chi connectivity index (χ3v) is 2.38. The first-order valence-electron chi connectivity index (χ1n) is 5.11. The van der Waals surface area contributed by atoms with Gasteiger partial charge in [-0.05, 0) is 6.07 Å². The lowest BCUT2D eigenvalue weighted by molar-refractivity contribution is -0.140. The highest BCUT2D eigenvalue weighted by Gasteiger charge is 2.23. The zero-order chi connectivity index (χ0) is 11.4. The van der Waals surface area contributed by atoms with Gasteiger partial charge in [-0.2, -0.15) is 0 Å². The maximum absolute atomic E-state index is 10.6.